The van der Waals surface area contributed by atoms with Gasteiger partial charge in [0.05, 0.1) is 17.6 Å². The Morgan fingerprint density at radius 3 is 2.39 bits per heavy atom. The van der Waals surface area contributed by atoms with Gasteiger partial charge in [-0.15, -0.1) is 0 Å². The predicted molar refractivity (Wildman–Crippen MR) is 73.4 cm³/mol. The largest absolute Gasteiger partial charge is 0.396 e. The molecule has 0 aliphatic heterocycles. The first-order chi connectivity index (χ1) is 8.55. The Hall–Kier alpha value is -1.12. The number of rotatable bonds is 2. The fourth-order valence-corrected chi connectivity index (χ4v) is 2.96. The quantitative estimate of drug-likeness (QED) is 0.865. The van der Waals surface area contributed by atoms with Crippen LogP contribution < -0.4 is 5.73 Å². The van der Waals surface area contributed by atoms with Crippen molar-refractivity contribution >= 4 is 5.69 Å². The van der Waals surface area contributed by atoms with Crippen LogP contribution in [0.25, 0.3) is 0 Å². The second-order valence-electron chi connectivity index (χ2n) is 6.78. The van der Waals surface area contributed by atoms with E-state index in [0.29, 0.717) is 17.3 Å². The van der Waals surface area contributed by atoms with Gasteiger partial charge in [0.1, 0.15) is 5.82 Å². The molecule has 0 bridgehead atoms. The molecule has 0 spiro atoms. The Bertz CT molecular complexity index is 439. The smallest absolute Gasteiger partial charge is 0.131 e. The molecule has 0 radical (unpaired) electrons. The highest BCUT2D eigenvalue weighted by atomic mass is 14.9. The normalized spacial score (nSPS) is 24.1. The van der Waals surface area contributed by atoms with Gasteiger partial charge in [-0.3, -0.25) is 0 Å². The van der Waals surface area contributed by atoms with Crippen molar-refractivity contribution in [1.29, 1.82) is 0 Å². The average Bonchev–Trinajstić information content (AvgIpc) is 3.14. The minimum Gasteiger partial charge on any atom is -0.396 e. The lowest BCUT2D eigenvalue weighted by atomic mass is 9.73. The van der Waals surface area contributed by atoms with Gasteiger partial charge in [0.25, 0.3) is 0 Å². The molecule has 0 amide bonds. The number of anilines is 1. The number of nitrogen functional groups attached to an aromatic ring is 1. The van der Waals surface area contributed by atoms with Gasteiger partial charge in [-0.25, -0.2) is 9.97 Å². The number of hydrogen-bond donors (Lipinski definition) is 1. The van der Waals surface area contributed by atoms with Gasteiger partial charge in [0.15, 0.2) is 0 Å². The minimum atomic E-state index is 0.504. The molecule has 0 atom stereocenters. The van der Waals surface area contributed by atoms with Gasteiger partial charge in [-0.1, -0.05) is 13.8 Å². The summed E-state index contributed by atoms with van der Waals surface area (Å²) in [5, 5.41) is 0. The van der Waals surface area contributed by atoms with E-state index in [2.05, 4.69) is 18.8 Å². The van der Waals surface area contributed by atoms with Gasteiger partial charge in [0.2, 0.25) is 0 Å². The summed E-state index contributed by atoms with van der Waals surface area (Å²) in [5.74, 6) is 2.21. The molecular formula is C15H23N3. The van der Waals surface area contributed by atoms with Crippen molar-refractivity contribution in [2.75, 3.05) is 5.73 Å². The van der Waals surface area contributed by atoms with Crippen molar-refractivity contribution in [3.05, 3.63) is 17.7 Å². The molecule has 2 saturated carbocycles. The Morgan fingerprint density at radius 2 is 1.78 bits per heavy atom. The molecule has 2 fully saturated rings. The fourth-order valence-electron chi connectivity index (χ4n) is 2.96. The molecule has 3 rings (SSSR count). The van der Waals surface area contributed by atoms with Crippen LogP contribution in [-0.2, 0) is 0 Å². The third-order valence-electron chi connectivity index (χ3n) is 4.54. The summed E-state index contributed by atoms with van der Waals surface area (Å²) in [6.45, 7) is 4.73. The maximum Gasteiger partial charge on any atom is 0.131 e. The van der Waals surface area contributed by atoms with E-state index in [-0.39, 0.29) is 0 Å². The molecule has 2 aliphatic carbocycles. The molecule has 3 nitrogen and oxygen atoms in total. The van der Waals surface area contributed by atoms with Crippen LogP contribution in [0.2, 0.25) is 0 Å². The summed E-state index contributed by atoms with van der Waals surface area (Å²) in [7, 11) is 0. The third-order valence-corrected chi connectivity index (χ3v) is 4.54. The van der Waals surface area contributed by atoms with E-state index < -0.39 is 0 Å². The summed E-state index contributed by atoms with van der Waals surface area (Å²) in [6.07, 6.45) is 9.34. The number of nitrogens with two attached hydrogens (primary N) is 1. The lowest BCUT2D eigenvalue weighted by Crippen LogP contribution is -2.21. The fraction of sp³-hybridized carbons (Fsp3) is 0.733. The summed E-state index contributed by atoms with van der Waals surface area (Å²) in [5.41, 5.74) is 8.39. The third kappa shape index (κ3) is 2.36. The Balaban J connectivity index is 1.78. The second kappa shape index (κ2) is 4.22. The first-order valence-electron chi connectivity index (χ1n) is 7.17. The summed E-state index contributed by atoms with van der Waals surface area (Å²) in [4.78, 5) is 9.25. The molecule has 0 saturated heterocycles. The van der Waals surface area contributed by atoms with Crippen LogP contribution >= 0.6 is 0 Å². The zero-order chi connectivity index (χ0) is 12.8. The molecule has 1 heterocycles. The lowest BCUT2D eigenvalue weighted by molar-refractivity contribution is 0.220. The standard InChI is InChI=1S/C15H23N3/c1-15(2)7-5-11(6-8-15)14-17-9-12(16)13(18-14)10-3-4-10/h9-11H,3-8,16H2,1-2H3. The zero-order valence-electron chi connectivity index (χ0n) is 11.4. The molecule has 0 aromatic carbocycles. The van der Waals surface area contributed by atoms with Crippen LogP contribution in [-0.4, -0.2) is 9.97 Å². The number of nitrogens with zero attached hydrogens (tertiary/aromatic N) is 2. The van der Waals surface area contributed by atoms with E-state index in [1.807, 2.05) is 6.20 Å². The van der Waals surface area contributed by atoms with Crippen LogP contribution in [0, 0.1) is 5.41 Å². The first-order valence-corrected chi connectivity index (χ1v) is 7.17. The van der Waals surface area contributed by atoms with Gasteiger partial charge in [-0.05, 0) is 43.9 Å². The topological polar surface area (TPSA) is 51.8 Å². The van der Waals surface area contributed by atoms with Crippen LogP contribution in [0.3, 0.4) is 0 Å². The van der Waals surface area contributed by atoms with Crippen LogP contribution in [0.1, 0.15) is 75.7 Å². The van der Waals surface area contributed by atoms with E-state index in [9.17, 15) is 0 Å². The van der Waals surface area contributed by atoms with Gasteiger partial charge < -0.3 is 5.73 Å². The second-order valence-corrected chi connectivity index (χ2v) is 6.78. The highest BCUT2D eigenvalue weighted by Crippen LogP contribution is 2.44. The van der Waals surface area contributed by atoms with E-state index >= 15 is 0 Å². The van der Waals surface area contributed by atoms with Crippen molar-refractivity contribution < 1.29 is 0 Å². The molecule has 18 heavy (non-hydrogen) atoms. The first kappa shape index (κ1) is 11.9. The van der Waals surface area contributed by atoms with Crippen molar-refractivity contribution in [1.82, 2.24) is 9.97 Å². The SMILES string of the molecule is CC1(C)CCC(c2ncc(N)c(C3CC3)n2)CC1. The lowest BCUT2D eigenvalue weighted by Gasteiger charge is -2.33. The number of hydrogen-bond acceptors (Lipinski definition) is 3. The maximum absolute atomic E-state index is 5.98. The van der Waals surface area contributed by atoms with E-state index in [0.717, 1.165) is 17.2 Å². The Morgan fingerprint density at radius 1 is 1.11 bits per heavy atom. The Labute approximate surface area is 109 Å². The van der Waals surface area contributed by atoms with Gasteiger partial charge in [0, 0.05) is 11.8 Å². The maximum atomic E-state index is 5.98. The molecule has 0 unspecified atom stereocenters. The zero-order valence-corrected chi connectivity index (χ0v) is 11.4. The summed E-state index contributed by atoms with van der Waals surface area (Å²) < 4.78 is 0. The van der Waals surface area contributed by atoms with E-state index in [4.69, 9.17) is 10.7 Å². The van der Waals surface area contributed by atoms with Gasteiger partial charge in [-0.2, -0.15) is 0 Å². The molecule has 2 aliphatic rings. The van der Waals surface area contributed by atoms with E-state index in [1.54, 1.807) is 0 Å². The van der Waals surface area contributed by atoms with Crippen molar-refractivity contribution in [3.63, 3.8) is 0 Å². The predicted octanol–water partition coefficient (Wildman–Crippen LogP) is 3.62. The molecule has 98 valence electrons. The summed E-state index contributed by atoms with van der Waals surface area (Å²) in [6, 6.07) is 0. The summed E-state index contributed by atoms with van der Waals surface area (Å²) >= 11 is 0. The van der Waals surface area contributed by atoms with E-state index in [1.165, 1.54) is 38.5 Å². The highest BCUT2D eigenvalue weighted by molar-refractivity contribution is 5.44. The van der Waals surface area contributed by atoms with Crippen LogP contribution in [0.5, 0.6) is 0 Å². The minimum absolute atomic E-state index is 0.504. The Kier molecular flexibility index (Phi) is 2.80. The van der Waals surface area contributed by atoms with Crippen molar-refractivity contribution in [2.24, 2.45) is 5.41 Å². The molecule has 1 aromatic heterocycles. The van der Waals surface area contributed by atoms with Gasteiger partial charge >= 0.3 is 0 Å². The molecule has 3 heteroatoms. The number of aromatic nitrogens is 2. The van der Waals surface area contributed by atoms with Crippen molar-refractivity contribution in [2.45, 2.75) is 64.2 Å². The highest BCUT2D eigenvalue weighted by Gasteiger charge is 2.31. The monoisotopic (exact) mass is 245 g/mol. The molecular weight excluding hydrogens is 222 g/mol. The van der Waals surface area contributed by atoms with Crippen LogP contribution in [0.15, 0.2) is 6.20 Å². The molecule has 1 aromatic rings. The average molecular weight is 245 g/mol. The van der Waals surface area contributed by atoms with Crippen molar-refractivity contribution in [3.8, 4) is 0 Å². The molecule has 2 N–H and O–H groups in total. The van der Waals surface area contributed by atoms with Crippen LogP contribution in [0.4, 0.5) is 5.69 Å².